The maximum absolute atomic E-state index is 5.48. The summed E-state index contributed by atoms with van der Waals surface area (Å²) in [6, 6.07) is 5.83. The summed E-state index contributed by atoms with van der Waals surface area (Å²) in [6.45, 7) is 5.21. The Balaban J connectivity index is 2.03. The molecule has 1 fully saturated rings. The van der Waals surface area contributed by atoms with Crippen molar-refractivity contribution in [2.45, 2.75) is 45.6 Å². The normalized spacial score (nSPS) is 16.2. The maximum Gasteiger partial charge on any atom is 0.191 e. The molecule has 0 spiro atoms. The molecule has 0 bridgehead atoms. The quantitative estimate of drug-likeness (QED) is 0.484. The van der Waals surface area contributed by atoms with Crippen LogP contribution < -0.4 is 20.1 Å². The molecule has 152 valence electrons. The van der Waals surface area contributed by atoms with E-state index in [1.54, 1.807) is 21.3 Å². The van der Waals surface area contributed by atoms with Crippen molar-refractivity contribution in [2.24, 2.45) is 10.4 Å². The molecule has 1 aliphatic rings. The molecule has 0 radical (unpaired) electrons. The molecule has 1 aromatic rings. The third kappa shape index (κ3) is 6.31. The maximum atomic E-state index is 5.48. The van der Waals surface area contributed by atoms with Gasteiger partial charge >= 0.3 is 0 Å². The Bertz CT molecular complexity index is 598. The molecule has 1 aliphatic carbocycles. The molecule has 2 N–H and O–H groups in total. The molecule has 0 aliphatic heterocycles. The highest BCUT2D eigenvalue weighted by Gasteiger charge is 2.33. The van der Waals surface area contributed by atoms with Gasteiger partial charge in [0.1, 0.15) is 11.5 Å². The number of rotatable bonds is 10. The van der Waals surface area contributed by atoms with Crippen molar-refractivity contribution < 1.29 is 14.2 Å². The summed E-state index contributed by atoms with van der Waals surface area (Å²) in [7, 11) is 5.11. The van der Waals surface area contributed by atoms with Crippen LogP contribution in [0, 0.1) is 5.41 Å². The molecule has 0 saturated heterocycles. The van der Waals surface area contributed by atoms with Crippen LogP contribution in [0.5, 0.6) is 11.5 Å². The van der Waals surface area contributed by atoms with Crippen LogP contribution in [-0.2, 0) is 11.3 Å². The summed E-state index contributed by atoms with van der Waals surface area (Å²) in [6.07, 6.45) is 6.23. The zero-order valence-electron chi connectivity index (χ0n) is 17.3. The average Bonchev–Trinajstić information content (AvgIpc) is 3.17. The topological polar surface area (TPSA) is 64.1 Å². The van der Waals surface area contributed by atoms with Crippen LogP contribution >= 0.6 is 0 Å². The van der Waals surface area contributed by atoms with Gasteiger partial charge in [0.2, 0.25) is 0 Å². The van der Waals surface area contributed by atoms with Gasteiger partial charge in [-0.1, -0.05) is 12.8 Å². The molecule has 0 amide bonds. The summed E-state index contributed by atoms with van der Waals surface area (Å²) >= 11 is 0. The van der Waals surface area contributed by atoms with Crippen LogP contribution in [0.25, 0.3) is 0 Å². The Kier molecular flexibility index (Phi) is 8.72. The second-order valence-corrected chi connectivity index (χ2v) is 7.18. The zero-order chi connectivity index (χ0) is 19.5. The predicted octanol–water partition coefficient (Wildman–Crippen LogP) is 3.36. The molecule has 6 nitrogen and oxygen atoms in total. The number of hydrogen-bond acceptors (Lipinski definition) is 4. The van der Waals surface area contributed by atoms with E-state index in [2.05, 4.69) is 17.6 Å². The molecule has 2 rings (SSSR count). The van der Waals surface area contributed by atoms with Crippen molar-refractivity contribution in [1.29, 1.82) is 0 Å². The van der Waals surface area contributed by atoms with Gasteiger partial charge in [-0.25, -0.2) is 4.99 Å². The Morgan fingerprint density at radius 2 is 1.89 bits per heavy atom. The molecule has 1 saturated carbocycles. The van der Waals surface area contributed by atoms with E-state index in [0.717, 1.165) is 49.1 Å². The van der Waals surface area contributed by atoms with E-state index in [-0.39, 0.29) is 0 Å². The van der Waals surface area contributed by atoms with Gasteiger partial charge in [0.05, 0.1) is 20.8 Å². The van der Waals surface area contributed by atoms with Crippen molar-refractivity contribution in [1.82, 2.24) is 10.6 Å². The van der Waals surface area contributed by atoms with Crippen molar-refractivity contribution in [2.75, 3.05) is 41.0 Å². The van der Waals surface area contributed by atoms with Crippen LogP contribution in [0.1, 0.15) is 44.6 Å². The second kappa shape index (κ2) is 11.0. The number of benzene rings is 1. The molecule has 0 unspecified atom stereocenters. The third-order valence-corrected chi connectivity index (χ3v) is 5.38. The van der Waals surface area contributed by atoms with E-state index in [9.17, 15) is 0 Å². The summed E-state index contributed by atoms with van der Waals surface area (Å²) in [5, 5.41) is 6.91. The van der Waals surface area contributed by atoms with E-state index in [4.69, 9.17) is 19.2 Å². The smallest absolute Gasteiger partial charge is 0.191 e. The molecular formula is C21H35N3O3. The fraction of sp³-hybridized carbons (Fsp3) is 0.667. The fourth-order valence-electron chi connectivity index (χ4n) is 3.72. The van der Waals surface area contributed by atoms with E-state index >= 15 is 0 Å². The average molecular weight is 378 g/mol. The molecule has 1 aromatic carbocycles. The third-order valence-electron chi connectivity index (χ3n) is 5.38. The van der Waals surface area contributed by atoms with Crippen LogP contribution in [0.4, 0.5) is 0 Å². The first-order valence-corrected chi connectivity index (χ1v) is 9.88. The Hall–Kier alpha value is -1.95. The highest BCUT2D eigenvalue weighted by molar-refractivity contribution is 5.79. The molecule has 27 heavy (non-hydrogen) atoms. The number of aliphatic imine (C=N–C) groups is 1. The Morgan fingerprint density at radius 1 is 1.11 bits per heavy atom. The van der Waals surface area contributed by atoms with E-state index in [1.165, 1.54) is 25.7 Å². The first kappa shape index (κ1) is 21.4. The molecule has 0 aromatic heterocycles. The van der Waals surface area contributed by atoms with Gasteiger partial charge in [-0.05, 0) is 43.7 Å². The van der Waals surface area contributed by atoms with Crippen molar-refractivity contribution >= 4 is 5.96 Å². The number of nitrogens with zero attached hydrogens (tertiary/aromatic N) is 1. The van der Waals surface area contributed by atoms with Gasteiger partial charge in [-0.3, -0.25) is 0 Å². The van der Waals surface area contributed by atoms with E-state index in [0.29, 0.717) is 12.0 Å². The van der Waals surface area contributed by atoms with Crippen molar-refractivity contribution in [3.05, 3.63) is 23.8 Å². The first-order chi connectivity index (χ1) is 13.2. The predicted molar refractivity (Wildman–Crippen MR) is 110 cm³/mol. The lowest BCUT2D eigenvalue weighted by Crippen LogP contribution is -2.43. The first-order valence-electron chi connectivity index (χ1n) is 9.88. The zero-order valence-corrected chi connectivity index (χ0v) is 17.3. The van der Waals surface area contributed by atoms with E-state index in [1.807, 2.05) is 18.2 Å². The Morgan fingerprint density at radius 3 is 2.52 bits per heavy atom. The molecule has 6 heteroatoms. The minimum atomic E-state index is 0.323. The van der Waals surface area contributed by atoms with Crippen LogP contribution in [0.3, 0.4) is 0 Å². The van der Waals surface area contributed by atoms with Gasteiger partial charge in [0.15, 0.2) is 5.96 Å². The van der Waals surface area contributed by atoms with Gasteiger partial charge in [0, 0.05) is 38.4 Å². The van der Waals surface area contributed by atoms with Crippen LogP contribution in [-0.4, -0.2) is 47.0 Å². The number of nitrogens with one attached hydrogen (secondary N) is 2. The lowest BCUT2D eigenvalue weighted by Gasteiger charge is -2.30. The van der Waals surface area contributed by atoms with E-state index < -0.39 is 0 Å². The highest BCUT2D eigenvalue weighted by Crippen LogP contribution is 2.40. The second-order valence-electron chi connectivity index (χ2n) is 7.18. The number of guanidine groups is 1. The minimum Gasteiger partial charge on any atom is -0.497 e. The molecule has 0 atom stereocenters. The summed E-state index contributed by atoms with van der Waals surface area (Å²) in [5.74, 6) is 2.42. The van der Waals surface area contributed by atoms with Gasteiger partial charge < -0.3 is 24.8 Å². The minimum absolute atomic E-state index is 0.323. The van der Waals surface area contributed by atoms with Gasteiger partial charge in [-0.15, -0.1) is 0 Å². The van der Waals surface area contributed by atoms with Crippen molar-refractivity contribution in [3.8, 4) is 11.5 Å². The summed E-state index contributed by atoms with van der Waals surface area (Å²) in [4.78, 5) is 4.76. The van der Waals surface area contributed by atoms with Crippen LogP contribution in [0.15, 0.2) is 23.2 Å². The van der Waals surface area contributed by atoms with Gasteiger partial charge in [-0.2, -0.15) is 0 Å². The summed E-state index contributed by atoms with van der Waals surface area (Å²) < 4.78 is 16.1. The van der Waals surface area contributed by atoms with Crippen LogP contribution in [0.2, 0.25) is 0 Å². The summed E-state index contributed by atoms with van der Waals surface area (Å²) in [5.41, 5.74) is 1.36. The molecular weight excluding hydrogens is 342 g/mol. The number of methoxy groups -OCH3 is 3. The SMILES string of the molecule is CCNC(=NCc1ccc(OC)cc1OC)NCC1(CCOC)CCCC1. The highest BCUT2D eigenvalue weighted by atomic mass is 16.5. The standard InChI is InChI=1S/C21H35N3O3/c1-5-22-20(24-16-21(12-13-25-2)10-6-7-11-21)23-15-17-8-9-18(26-3)14-19(17)27-4/h8-9,14H,5-7,10-13,15-16H2,1-4H3,(H2,22,23,24). The number of hydrogen-bond donors (Lipinski definition) is 2. The largest absolute Gasteiger partial charge is 0.497 e. The lowest BCUT2D eigenvalue weighted by atomic mass is 9.83. The fourth-order valence-corrected chi connectivity index (χ4v) is 3.72. The van der Waals surface area contributed by atoms with Gasteiger partial charge in [0.25, 0.3) is 0 Å². The lowest BCUT2D eigenvalue weighted by molar-refractivity contribution is 0.138. The molecule has 0 heterocycles. The monoisotopic (exact) mass is 377 g/mol. The number of ether oxygens (including phenoxy) is 3. The van der Waals surface area contributed by atoms with Crippen molar-refractivity contribution in [3.63, 3.8) is 0 Å². The Labute approximate surface area is 163 Å².